The fourth-order valence-electron chi connectivity index (χ4n) is 2.83. The molecule has 0 radical (unpaired) electrons. The Bertz CT molecular complexity index is 553. The first-order chi connectivity index (χ1) is 10.2. The summed E-state index contributed by atoms with van der Waals surface area (Å²) in [7, 11) is 0. The summed E-state index contributed by atoms with van der Waals surface area (Å²) in [5.74, 6) is -0.327. The summed E-state index contributed by atoms with van der Waals surface area (Å²) in [5.41, 5.74) is 2.62. The highest BCUT2D eigenvalue weighted by molar-refractivity contribution is 6.38. The molecule has 2 aliphatic heterocycles. The van der Waals surface area contributed by atoms with Crippen molar-refractivity contribution < 1.29 is 14.3 Å². The van der Waals surface area contributed by atoms with E-state index in [2.05, 4.69) is 5.10 Å². The van der Waals surface area contributed by atoms with Crippen molar-refractivity contribution in [1.29, 1.82) is 0 Å². The molecule has 2 aliphatic rings. The quantitative estimate of drug-likeness (QED) is 0.802. The van der Waals surface area contributed by atoms with E-state index in [4.69, 9.17) is 9.47 Å². The maximum absolute atomic E-state index is 12.1. The maximum Gasteiger partial charge on any atom is 0.354 e. The fraction of sp³-hybridized carbons (Fsp3) is 0.500. The number of rotatable bonds is 3. The first-order valence-electron chi connectivity index (χ1n) is 7.44. The van der Waals surface area contributed by atoms with Gasteiger partial charge in [-0.05, 0) is 38.8 Å². The zero-order chi connectivity index (χ0) is 14.8. The van der Waals surface area contributed by atoms with Gasteiger partial charge < -0.3 is 9.47 Å². The van der Waals surface area contributed by atoms with Gasteiger partial charge >= 0.3 is 5.97 Å². The van der Waals surface area contributed by atoms with Crippen LogP contribution in [-0.2, 0) is 14.3 Å². The van der Waals surface area contributed by atoms with Crippen LogP contribution >= 0.6 is 0 Å². The molecule has 0 bridgehead atoms. The zero-order valence-electron chi connectivity index (χ0n) is 12.4. The standard InChI is InChI=1S/C16H20N2O3/c1-3-20-16(19)14-13-5-4-10-21-15(13)18(17-14)12-8-6-11(2)7-9-12/h6-9,13,15H,3-5,10H2,1-2H3/t13-,15-/m0/s1. The van der Waals surface area contributed by atoms with Crippen LogP contribution in [0.4, 0.5) is 5.69 Å². The van der Waals surface area contributed by atoms with E-state index in [1.54, 1.807) is 6.92 Å². The lowest BCUT2D eigenvalue weighted by molar-refractivity contribution is -0.135. The van der Waals surface area contributed by atoms with Crippen molar-refractivity contribution in [3.63, 3.8) is 0 Å². The first kappa shape index (κ1) is 14.1. The Morgan fingerprint density at radius 1 is 1.43 bits per heavy atom. The molecule has 0 N–H and O–H groups in total. The molecule has 1 aromatic carbocycles. The summed E-state index contributed by atoms with van der Waals surface area (Å²) in [6, 6.07) is 8.07. The molecule has 0 saturated carbocycles. The Labute approximate surface area is 124 Å². The number of nitrogens with zero attached hydrogens (tertiary/aromatic N) is 2. The maximum atomic E-state index is 12.1. The largest absolute Gasteiger partial charge is 0.461 e. The van der Waals surface area contributed by atoms with Crippen LogP contribution in [0.15, 0.2) is 29.4 Å². The second kappa shape index (κ2) is 5.85. The number of aryl methyl sites for hydroxylation is 1. The van der Waals surface area contributed by atoms with Crippen LogP contribution in [0, 0.1) is 12.8 Å². The van der Waals surface area contributed by atoms with Crippen molar-refractivity contribution in [1.82, 2.24) is 0 Å². The van der Waals surface area contributed by atoms with Crippen molar-refractivity contribution in [2.24, 2.45) is 11.0 Å². The lowest BCUT2D eigenvalue weighted by Gasteiger charge is -2.31. The third kappa shape index (κ3) is 2.65. The average Bonchev–Trinajstić information content (AvgIpc) is 2.88. The number of anilines is 1. The Balaban J connectivity index is 1.91. The van der Waals surface area contributed by atoms with Gasteiger partial charge in [0, 0.05) is 6.61 Å². The Morgan fingerprint density at radius 2 is 2.19 bits per heavy atom. The predicted octanol–water partition coefficient (Wildman–Crippen LogP) is 2.49. The van der Waals surface area contributed by atoms with Crippen molar-refractivity contribution in [3.05, 3.63) is 29.8 Å². The number of carbonyl (C=O) groups excluding carboxylic acids is 1. The molecule has 21 heavy (non-hydrogen) atoms. The van der Waals surface area contributed by atoms with Crippen LogP contribution in [0.3, 0.4) is 0 Å². The smallest absolute Gasteiger partial charge is 0.354 e. The van der Waals surface area contributed by atoms with Crippen LogP contribution in [0.25, 0.3) is 0 Å². The highest BCUT2D eigenvalue weighted by atomic mass is 16.5. The van der Waals surface area contributed by atoms with Crippen molar-refractivity contribution >= 4 is 17.4 Å². The summed E-state index contributed by atoms with van der Waals surface area (Å²) >= 11 is 0. The van der Waals surface area contributed by atoms with E-state index in [1.807, 2.05) is 36.2 Å². The van der Waals surface area contributed by atoms with Gasteiger partial charge in [-0.25, -0.2) is 9.80 Å². The predicted molar refractivity (Wildman–Crippen MR) is 80.2 cm³/mol. The third-order valence-electron chi connectivity index (χ3n) is 3.88. The molecule has 0 aromatic heterocycles. The molecular formula is C16H20N2O3. The second-order valence-electron chi connectivity index (χ2n) is 5.40. The molecule has 2 heterocycles. The molecule has 0 aliphatic carbocycles. The summed E-state index contributed by atoms with van der Waals surface area (Å²) < 4.78 is 11.0. The minimum atomic E-state index is -0.326. The summed E-state index contributed by atoms with van der Waals surface area (Å²) in [5, 5.41) is 6.32. The lowest BCUT2D eigenvalue weighted by Crippen LogP contribution is -2.40. The zero-order valence-corrected chi connectivity index (χ0v) is 12.4. The van der Waals surface area contributed by atoms with Crippen molar-refractivity contribution in [2.45, 2.75) is 32.9 Å². The molecule has 1 fully saturated rings. The van der Waals surface area contributed by atoms with E-state index in [-0.39, 0.29) is 18.1 Å². The van der Waals surface area contributed by atoms with Crippen LogP contribution < -0.4 is 5.01 Å². The van der Waals surface area contributed by atoms with Gasteiger partial charge in [0.05, 0.1) is 18.2 Å². The Kier molecular flexibility index (Phi) is 3.92. The third-order valence-corrected chi connectivity index (χ3v) is 3.88. The first-order valence-corrected chi connectivity index (χ1v) is 7.44. The number of hydrogen-bond acceptors (Lipinski definition) is 5. The highest BCUT2D eigenvalue weighted by Crippen LogP contribution is 2.35. The molecule has 0 amide bonds. The number of fused-ring (bicyclic) bond motifs is 1. The fourth-order valence-corrected chi connectivity index (χ4v) is 2.83. The SMILES string of the molecule is CCOC(=O)C1=NN(c2ccc(C)cc2)[C@H]2OCCC[C@@H]12. The minimum Gasteiger partial charge on any atom is -0.461 e. The van der Waals surface area contributed by atoms with Gasteiger partial charge in [-0.1, -0.05) is 17.7 Å². The van der Waals surface area contributed by atoms with Gasteiger partial charge in [-0.15, -0.1) is 0 Å². The molecule has 3 rings (SSSR count). The molecule has 0 unspecified atom stereocenters. The number of carbonyl (C=O) groups is 1. The Morgan fingerprint density at radius 3 is 2.90 bits per heavy atom. The normalized spacial score (nSPS) is 24.5. The van der Waals surface area contributed by atoms with E-state index in [1.165, 1.54) is 5.56 Å². The van der Waals surface area contributed by atoms with E-state index >= 15 is 0 Å². The van der Waals surface area contributed by atoms with Gasteiger partial charge in [0.25, 0.3) is 0 Å². The van der Waals surface area contributed by atoms with Crippen LogP contribution in [0.2, 0.25) is 0 Å². The summed E-state index contributed by atoms with van der Waals surface area (Å²) in [6.45, 7) is 4.91. The number of esters is 1. The second-order valence-corrected chi connectivity index (χ2v) is 5.40. The topological polar surface area (TPSA) is 51.1 Å². The van der Waals surface area contributed by atoms with Gasteiger partial charge in [-0.3, -0.25) is 0 Å². The molecule has 1 saturated heterocycles. The highest BCUT2D eigenvalue weighted by Gasteiger charge is 2.44. The average molecular weight is 288 g/mol. The van der Waals surface area contributed by atoms with Gasteiger partial charge in [-0.2, -0.15) is 5.10 Å². The van der Waals surface area contributed by atoms with E-state index in [0.29, 0.717) is 18.9 Å². The van der Waals surface area contributed by atoms with E-state index in [9.17, 15) is 4.79 Å². The van der Waals surface area contributed by atoms with Crippen LogP contribution in [-0.4, -0.2) is 31.1 Å². The van der Waals surface area contributed by atoms with E-state index in [0.717, 1.165) is 18.5 Å². The van der Waals surface area contributed by atoms with Gasteiger partial charge in [0.15, 0.2) is 11.9 Å². The number of hydrazone groups is 1. The molecule has 5 heteroatoms. The van der Waals surface area contributed by atoms with Crippen LogP contribution in [0.1, 0.15) is 25.3 Å². The monoisotopic (exact) mass is 288 g/mol. The number of hydrogen-bond donors (Lipinski definition) is 0. The lowest BCUT2D eigenvalue weighted by atomic mass is 9.94. The molecule has 0 spiro atoms. The van der Waals surface area contributed by atoms with Crippen LogP contribution in [0.5, 0.6) is 0 Å². The van der Waals surface area contributed by atoms with Crippen molar-refractivity contribution in [2.75, 3.05) is 18.2 Å². The molecule has 2 atom stereocenters. The molecular weight excluding hydrogens is 268 g/mol. The van der Waals surface area contributed by atoms with E-state index < -0.39 is 0 Å². The number of benzene rings is 1. The molecule has 1 aromatic rings. The molecule has 112 valence electrons. The minimum absolute atomic E-state index is 0.000830. The van der Waals surface area contributed by atoms with Gasteiger partial charge in [0.2, 0.25) is 0 Å². The summed E-state index contributed by atoms with van der Waals surface area (Å²) in [4.78, 5) is 12.1. The Hall–Kier alpha value is -1.88. The summed E-state index contributed by atoms with van der Waals surface area (Å²) in [6.07, 6.45) is 1.66. The van der Waals surface area contributed by atoms with Gasteiger partial charge in [0.1, 0.15) is 0 Å². The molecule has 5 nitrogen and oxygen atoms in total. The number of ether oxygens (including phenoxy) is 2. The van der Waals surface area contributed by atoms with Crippen molar-refractivity contribution in [3.8, 4) is 0 Å².